The Morgan fingerprint density at radius 1 is 1.10 bits per heavy atom. The van der Waals surface area contributed by atoms with Crippen LogP contribution in [0.15, 0.2) is 36.5 Å². The Morgan fingerprint density at radius 2 is 1.80 bits per heavy atom. The lowest BCUT2D eigenvalue weighted by atomic mass is 9.77. The van der Waals surface area contributed by atoms with E-state index >= 15 is 0 Å². The van der Waals surface area contributed by atoms with Crippen molar-refractivity contribution in [1.29, 1.82) is 0 Å². The van der Waals surface area contributed by atoms with Crippen LogP contribution in [0.4, 0.5) is 0 Å². The molecule has 0 aliphatic carbocycles. The van der Waals surface area contributed by atoms with Crippen molar-refractivity contribution in [3.63, 3.8) is 0 Å². The first-order chi connectivity index (χ1) is 23.9. The van der Waals surface area contributed by atoms with E-state index in [2.05, 4.69) is 23.4 Å². The third-order valence-electron chi connectivity index (χ3n) is 11.4. The van der Waals surface area contributed by atoms with Crippen molar-refractivity contribution in [1.82, 2.24) is 14.8 Å². The van der Waals surface area contributed by atoms with Gasteiger partial charge in [0, 0.05) is 37.3 Å². The number of hydrogen-bond donors (Lipinski definition) is 3. The van der Waals surface area contributed by atoms with Crippen LogP contribution >= 0.6 is 0 Å². The highest BCUT2D eigenvalue weighted by Gasteiger charge is 2.52. The summed E-state index contributed by atoms with van der Waals surface area (Å²) in [4.78, 5) is 22.7. The third kappa shape index (κ3) is 9.76. The Labute approximate surface area is 305 Å². The predicted octanol–water partition coefficient (Wildman–Crippen LogP) is 3.56. The molecule has 1 aromatic rings. The average Bonchev–Trinajstić information content (AvgIpc) is 3.07. The number of carbonyl (C=O) groups excluding carboxylic acids is 1. The van der Waals surface area contributed by atoms with E-state index in [0.29, 0.717) is 37.9 Å². The molecule has 1 aromatic heterocycles. The zero-order chi connectivity index (χ0) is 37.8. The molecule has 4 fully saturated rings. The van der Waals surface area contributed by atoms with Crippen molar-refractivity contribution in [2.24, 2.45) is 17.8 Å². The lowest BCUT2D eigenvalue weighted by Gasteiger charge is -2.48. The monoisotopic (exact) mass is 719 g/mol. The highest BCUT2D eigenvalue weighted by molar-refractivity contribution is 5.73. The summed E-state index contributed by atoms with van der Waals surface area (Å²) in [5.41, 5.74) is -1.17. The number of nitrogens with zero attached hydrogens (tertiary/aromatic N) is 3. The van der Waals surface area contributed by atoms with Crippen molar-refractivity contribution in [3.8, 4) is 0 Å². The van der Waals surface area contributed by atoms with Crippen LogP contribution < -0.4 is 0 Å². The lowest BCUT2D eigenvalue weighted by molar-refractivity contribution is -0.303. The smallest absolute Gasteiger partial charge is 0.311 e. The highest BCUT2D eigenvalue weighted by Crippen LogP contribution is 2.39. The van der Waals surface area contributed by atoms with Crippen molar-refractivity contribution in [3.05, 3.63) is 42.2 Å². The van der Waals surface area contributed by atoms with Gasteiger partial charge in [0.05, 0.1) is 48.7 Å². The summed E-state index contributed by atoms with van der Waals surface area (Å²) in [5.74, 6) is -2.32. The van der Waals surface area contributed by atoms with Gasteiger partial charge >= 0.3 is 5.97 Å². The standard InChI is InChI=1S/C39H65N3O9/c1-12-31-39(9,46)35-28(7)42(20-29-15-13-14-16-40-29)19-23(2)18-38(8,48-22-24(3)21-47-35)34(26(5)32(43)27(6)36(45)50-31)51-37-33(44)30(41(10)11)17-25(4)49-37/h13-16,23,25-28,30-35,37,43-44,46H,3,12,17-22H2,1-2,4-11H3/t23-,25-,26+,27?,28-,30+,31-,32?,33-,34-,35+,37+,38-,39-/m1/s1. The summed E-state index contributed by atoms with van der Waals surface area (Å²) in [7, 11) is 3.84. The summed E-state index contributed by atoms with van der Waals surface area (Å²) in [6.45, 7) is 20.6. The molecule has 14 atom stereocenters. The molecule has 0 aromatic carbocycles. The van der Waals surface area contributed by atoms with E-state index in [4.69, 9.17) is 23.7 Å². The molecule has 12 heteroatoms. The molecule has 2 unspecified atom stereocenters. The summed E-state index contributed by atoms with van der Waals surface area (Å²) in [6, 6.07) is 5.23. The van der Waals surface area contributed by atoms with Crippen LogP contribution in [0.5, 0.6) is 0 Å². The fraction of sp³-hybridized carbons (Fsp3) is 0.795. The SMILES string of the molecule is C=C1CO[C@H]2[C@@H](C)N(Cc3ccccn3)C[C@H](C)C[C@@](C)(OC1)[C@H](O[C@@H]1O[C@H](C)C[C@H](N(C)C)[C@H]1O)[C@@H](C)C(O)C(C)C(=O)O[C@H](CC)[C@@]2(C)O. The summed E-state index contributed by atoms with van der Waals surface area (Å²) in [6.07, 6.45) is -2.82. The molecule has 290 valence electrons. The molecule has 51 heavy (non-hydrogen) atoms. The van der Waals surface area contributed by atoms with Crippen molar-refractivity contribution in [2.75, 3.05) is 33.9 Å². The Bertz CT molecular complexity index is 1280. The fourth-order valence-corrected chi connectivity index (χ4v) is 8.44. The van der Waals surface area contributed by atoms with Gasteiger partial charge in [0.2, 0.25) is 0 Å². The molecule has 0 saturated carbocycles. The summed E-state index contributed by atoms with van der Waals surface area (Å²) in [5, 5.41) is 35.8. The molecule has 4 aliphatic rings. The van der Waals surface area contributed by atoms with E-state index in [1.807, 2.05) is 71.8 Å². The van der Waals surface area contributed by atoms with Crippen LogP contribution in [-0.4, -0.2) is 136 Å². The van der Waals surface area contributed by atoms with Gasteiger partial charge in [-0.1, -0.05) is 33.4 Å². The minimum absolute atomic E-state index is 0.0112. The largest absolute Gasteiger partial charge is 0.459 e. The van der Waals surface area contributed by atoms with Crippen molar-refractivity contribution >= 4 is 5.97 Å². The first-order valence-electron chi connectivity index (χ1n) is 18.7. The molecule has 2 bridgehead atoms. The van der Waals surface area contributed by atoms with E-state index < -0.39 is 65.8 Å². The molecule has 3 N–H and O–H groups in total. The van der Waals surface area contributed by atoms with E-state index in [0.717, 1.165) is 5.69 Å². The van der Waals surface area contributed by atoms with Crippen LogP contribution in [-0.2, 0) is 35.0 Å². The van der Waals surface area contributed by atoms with Gasteiger partial charge in [0.25, 0.3) is 0 Å². The number of aliphatic hydroxyl groups is 3. The maximum Gasteiger partial charge on any atom is 0.311 e. The predicted molar refractivity (Wildman–Crippen MR) is 194 cm³/mol. The molecule has 5 rings (SSSR count). The molecule has 0 amide bonds. The maximum absolute atomic E-state index is 13.9. The van der Waals surface area contributed by atoms with E-state index in [9.17, 15) is 20.1 Å². The van der Waals surface area contributed by atoms with Gasteiger partial charge in [0.15, 0.2) is 6.29 Å². The maximum atomic E-state index is 13.9. The number of rotatable bonds is 6. The van der Waals surface area contributed by atoms with E-state index in [1.54, 1.807) is 20.0 Å². The number of hydrogen-bond acceptors (Lipinski definition) is 12. The summed E-state index contributed by atoms with van der Waals surface area (Å²) >= 11 is 0. The Balaban J connectivity index is 1.88. The molecule has 5 heterocycles. The lowest BCUT2D eigenvalue weighted by Crippen LogP contribution is -2.61. The van der Waals surface area contributed by atoms with Gasteiger partial charge in [-0.15, -0.1) is 0 Å². The van der Waals surface area contributed by atoms with Gasteiger partial charge in [-0.25, -0.2) is 0 Å². The van der Waals surface area contributed by atoms with Crippen LogP contribution in [0.1, 0.15) is 80.3 Å². The first-order valence-corrected chi connectivity index (χ1v) is 18.7. The quantitative estimate of drug-likeness (QED) is 0.292. The number of fused-ring (bicyclic) bond motifs is 15. The fourth-order valence-electron chi connectivity index (χ4n) is 8.44. The highest BCUT2D eigenvalue weighted by atomic mass is 16.7. The molecule has 0 radical (unpaired) electrons. The van der Waals surface area contributed by atoms with E-state index in [-0.39, 0.29) is 37.3 Å². The first kappa shape index (κ1) is 41.8. The van der Waals surface area contributed by atoms with Gasteiger partial charge in [0.1, 0.15) is 23.9 Å². The molecule has 0 spiro atoms. The van der Waals surface area contributed by atoms with E-state index in [1.165, 1.54) is 0 Å². The third-order valence-corrected chi connectivity index (χ3v) is 11.4. The second-order valence-corrected chi connectivity index (χ2v) is 16.2. The number of carbonyl (C=O) groups is 1. The molecule has 4 saturated heterocycles. The molecular formula is C39H65N3O9. The second-order valence-electron chi connectivity index (χ2n) is 16.2. The number of pyridine rings is 1. The van der Waals surface area contributed by atoms with Gasteiger partial charge in [-0.3, -0.25) is 14.7 Å². The zero-order valence-corrected chi connectivity index (χ0v) is 32.5. The minimum atomic E-state index is -1.62. The normalized spacial score (nSPS) is 42.7. The minimum Gasteiger partial charge on any atom is -0.459 e. The number of aromatic nitrogens is 1. The van der Waals surface area contributed by atoms with Crippen molar-refractivity contribution in [2.45, 2.75) is 147 Å². The Kier molecular flexibility index (Phi) is 14.3. The molecule has 12 nitrogen and oxygen atoms in total. The van der Waals surface area contributed by atoms with Gasteiger partial charge < -0.3 is 43.9 Å². The molecule has 4 aliphatic heterocycles. The summed E-state index contributed by atoms with van der Waals surface area (Å²) < 4.78 is 32.6. The van der Waals surface area contributed by atoms with Crippen LogP contribution in [0.3, 0.4) is 0 Å². The second kappa shape index (κ2) is 17.4. The van der Waals surface area contributed by atoms with Gasteiger partial charge in [-0.2, -0.15) is 0 Å². The number of ether oxygens (including phenoxy) is 5. The number of likely N-dealkylation sites (N-methyl/N-ethyl adjacent to an activating group) is 1. The van der Waals surface area contributed by atoms with Crippen LogP contribution in [0.25, 0.3) is 0 Å². The van der Waals surface area contributed by atoms with Crippen LogP contribution in [0.2, 0.25) is 0 Å². The van der Waals surface area contributed by atoms with Crippen LogP contribution in [0, 0.1) is 17.8 Å². The Hall–Kier alpha value is -2.00. The van der Waals surface area contributed by atoms with Gasteiger partial charge in [-0.05, 0) is 91.6 Å². The number of aliphatic hydroxyl groups excluding tert-OH is 2. The van der Waals surface area contributed by atoms with Crippen molar-refractivity contribution < 1.29 is 43.8 Å². The molecular weight excluding hydrogens is 654 g/mol. The average molecular weight is 720 g/mol. The Morgan fingerprint density at radius 3 is 2.43 bits per heavy atom. The zero-order valence-electron chi connectivity index (χ0n) is 32.5. The topological polar surface area (TPSA) is 143 Å². The number of esters is 1.